The molecule has 0 radical (unpaired) electrons. The number of urea groups is 1. The first kappa shape index (κ1) is 23.1. The Bertz CT molecular complexity index is 891. The van der Waals surface area contributed by atoms with Gasteiger partial charge in [0.1, 0.15) is 5.82 Å². The van der Waals surface area contributed by atoms with Gasteiger partial charge in [0.05, 0.1) is 5.54 Å². The lowest BCUT2D eigenvalue weighted by Gasteiger charge is -2.32. The third-order valence-electron chi connectivity index (χ3n) is 5.69. The highest BCUT2D eigenvalue weighted by atomic mass is 35.5. The van der Waals surface area contributed by atoms with E-state index in [1.165, 1.54) is 0 Å². The fourth-order valence-corrected chi connectivity index (χ4v) is 3.98. The molecule has 31 heavy (non-hydrogen) atoms. The van der Waals surface area contributed by atoms with Crippen LogP contribution in [-0.2, 0) is 5.54 Å². The third-order valence-corrected chi connectivity index (χ3v) is 5.94. The Morgan fingerprint density at radius 3 is 2.29 bits per heavy atom. The minimum absolute atomic E-state index is 0.144. The highest BCUT2D eigenvalue weighted by molar-refractivity contribution is 6.30. The van der Waals surface area contributed by atoms with Gasteiger partial charge in [0.15, 0.2) is 0 Å². The molecule has 7 nitrogen and oxygen atoms in total. The van der Waals surface area contributed by atoms with Crippen molar-refractivity contribution in [3.05, 3.63) is 46.6 Å². The molecule has 2 aromatic rings. The number of hydrogen-bond donors (Lipinski definition) is 3. The van der Waals surface area contributed by atoms with Gasteiger partial charge in [-0.25, -0.2) is 9.78 Å². The Hall–Kier alpha value is -2.54. The van der Waals surface area contributed by atoms with E-state index in [1.807, 2.05) is 70.1 Å². The van der Waals surface area contributed by atoms with Crippen LogP contribution in [0.1, 0.15) is 50.8 Å². The van der Waals surface area contributed by atoms with E-state index in [0.29, 0.717) is 17.0 Å². The van der Waals surface area contributed by atoms with E-state index < -0.39 is 5.54 Å². The minimum Gasteiger partial charge on any atom is -0.363 e. The Morgan fingerprint density at radius 2 is 1.68 bits per heavy atom. The monoisotopic (exact) mass is 444 g/mol. The summed E-state index contributed by atoms with van der Waals surface area (Å²) in [7, 11) is 3.95. The van der Waals surface area contributed by atoms with E-state index in [4.69, 9.17) is 11.6 Å². The van der Waals surface area contributed by atoms with Crippen LogP contribution >= 0.6 is 11.6 Å². The summed E-state index contributed by atoms with van der Waals surface area (Å²) < 4.78 is 0. The Morgan fingerprint density at radius 1 is 1.06 bits per heavy atom. The topological polar surface area (TPSA) is 82.2 Å². The van der Waals surface area contributed by atoms with Crippen LogP contribution in [0.25, 0.3) is 0 Å². The second-order valence-corrected chi connectivity index (χ2v) is 9.45. The predicted molar refractivity (Wildman–Crippen MR) is 127 cm³/mol. The van der Waals surface area contributed by atoms with Crippen molar-refractivity contribution < 1.29 is 4.79 Å². The minimum atomic E-state index is -0.486. The van der Waals surface area contributed by atoms with Gasteiger partial charge in [0.25, 0.3) is 0 Å². The largest absolute Gasteiger partial charge is 0.363 e. The molecule has 0 bridgehead atoms. The van der Waals surface area contributed by atoms with Crippen LogP contribution in [0.15, 0.2) is 30.3 Å². The van der Waals surface area contributed by atoms with Crippen molar-refractivity contribution in [3.63, 3.8) is 0 Å². The van der Waals surface area contributed by atoms with Crippen molar-refractivity contribution in [2.75, 3.05) is 24.3 Å². The van der Waals surface area contributed by atoms with Crippen LogP contribution in [0.4, 0.5) is 16.6 Å². The van der Waals surface area contributed by atoms with Gasteiger partial charge in [-0.2, -0.15) is 4.98 Å². The van der Waals surface area contributed by atoms with Crippen molar-refractivity contribution >= 4 is 29.4 Å². The number of aryl methyl sites for hydroxylation is 1. The number of carbonyl (C=O) groups is 1. The molecule has 1 aromatic heterocycles. The first-order valence-electron chi connectivity index (χ1n) is 10.8. The first-order chi connectivity index (χ1) is 14.6. The number of carbonyl (C=O) groups excluding carboxylic acids is 1. The first-order valence-corrected chi connectivity index (χ1v) is 11.1. The molecular weight excluding hydrogens is 412 g/mol. The second kappa shape index (κ2) is 9.73. The summed E-state index contributed by atoms with van der Waals surface area (Å²) >= 11 is 5.97. The molecule has 3 rings (SSSR count). The number of nitrogens with one attached hydrogen (secondary N) is 3. The lowest BCUT2D eigenvalue weighted by Crippen LogP contribution is -2.50. The zero-order valence-corrected chi connectivity index (χ0v) is 19.8. The average molecular weight is 445 g/mol. The van der Waals surface area contributed by atoms with E-state index in [1.54, 1.807) is 0 Å². The molecule has 0 saturated heterocycles. The van der Waals surface area contributed by atoms with E-state index in [2.05, 4.69) is 25.9 Å². The van der Waals surface area contributed by atoms with E-state index in [0.717, 1.165) is 42.8 Å². The molecule has 1 fully saturated rings. The smallest absolute Gasteiger partial charge is 0.315 e. The van der Waals surface area contributed by atoms with Crippen LogP contribution in [0.3, 0.4) is 0 Å². The van der Waals surface area contributed by atoms with Crippen molar-refractivity contribution in [2.24, 2.45) is 0 Å². The number of amides is 2. The molecule has 3 N–H and O–H groups in total. The summed E-state index contributed by atoms with van der Waals surface area (Å²) in [5, 5.41) is 10.4. The maximum absolute atomic E-state index is 12.6. The number of benzene rings is 1. The fraction of sp³-hybridized carbons (Fsp3) is 0.522. The zero-order chi connectivity index (χ0) is 22.6. The fourth-order valence-electron chi connectivity index (χ4n) is 3.85. The lowest BCUT2D eigenvalue weighted by atomic mass is 9.91. The number of nitrogens with zero attached hydrogens (tertiary/aromatic N) is 3. The van der Waals surface area contributed by atoms with Gasteiger partial charge in [0.2, 0.25) is 5.95 Å². The van der Waals surface area contributed by atoms with E-state index in [9.17, 15) is 4.79 Å². The third kappa shape index (κ3) is 6.47. The molecule has 1 aliphatic rings. The number of aromatic nitrogens is 2. The molecule has 8 heteroatoms. The molecule has 1 heterocycles. The maximum Gasteiger partial charge on any atom is 0.315 e. The molecule has 0 spiro atoms. The summed E-state index contributed by atoms with van der Waals surface area (Å²) in [5.74, 6) is 1.56. The van der Waals surface area contributed by atoms with Crippen molar-refractivity contribution in [1.29, 1.82) is 0 Å². The molecule has 1 aromatic carbocycles. The standard InChI is InChI=1S/C23H33ClN6O/c1-15-14-20(30(4)5)28-21(25-15)26-18-10-12-19(13-11-18)27-22(31)29-23(2,3)16-6-8-17(24)9-7-16/h6-9,14,18-19H,10-13H2,1-5H3,(H,25,26,28)(H2,27,29,31)/t18-,19+. The van der Waals surface area contributed by atoms with Crippen LogP contribution in [-0.4, -0.2) is 42.2 Å². The van der Waals surface area contributed by atoms with Gasteiger partial charge in [-0.15, -0.1) is 0 Å². The molecular formula is C23H33ClN6O. The van der Waals surface area contributed by atoms with Crippen LogP contribution in [0.5, 0.6) is 0 Å². The summed E-state index contributed by atoms with van der Waals surface area (Å²) in [6.45, 7) is 5.95. The molecule has 1 aliphatic carbocycles. The van der Waals surface area contributed by atoms with Crippen molar-refractivity contribution in [1.82, 2.24) is 20.6 Å². The van der Waals surface area contributed by atoms with Gasteiger partial charge >= 0.3 is 6.03 Å². The summed E-state index contributed by atoms with van der Waals surface area (Å²) in [5.41, 5.74) is 1.46. The highest BCUT2D eigenvalue weighted by Gasteiger charge is 2.26. The highest BCUT2D eigenvalue weighted by Crippen LogP contribution is 2.24. The summed E-state index contributed by atoms with van der Waals surface area (Å²) in [6.07, 6.45) is 3.75. The quantitative estimate of drug-likeness (QED) is 0.612. The average Bonchev–Trinajstić information content (AvgIpc) is 2.69. The van der Waals surface area contributed by atoms with Gasteiger partial charge in [-0.1, -0.05) is 23.7 Å². The number of hydrogen-bond acceptors (Lipinski definition) is 5. The lowest BCUT2D eigenvalue weighted by molar-refractivity contribution is 0.221. The molecule has 1 saturated carbocycles. The molecule has 0 atom stereocenters. The van der Waals surface area contributed by atoms with Gasteiger partial charge in [-0.05, 0) is 64.2 Å². The number of rotatable bonds is 6. The Kier molecular flexibility index (Phi) is 7.26. The summed E-state index contributed by atoms with van der Waals surface area (Å²) in [4.78, 5) is 23.7. The summed E-state index contributed by atoms with van der Waals surface area (Å²) in [6, 6.07) is 9.85. The predicted octanol–water partition coefficient (Wildman–Crippen LogP) is 4.46. The molecule has 2 amide bonds. The molecule has 168 valence electrons. The molecule has 0 unspecified atom stereocenters. The van der Waals surface area contributed by atoms with Crippen LogP contribution < -0.4 is 20.9 Å². The Balaban J connectivity index is 1.49. The molecule has 0 aliphatic heterocycles. The maximum atomic E-state index is 12.6. The van der Waals surface area contributed by atoms with E-state index in [-0.39, 0.29) is 12.1 Å². The zero-order valence-electron chi connectivity index (χ0n) is 19.0. The normalized spacial score (nSPS) is 18.9. The van der Waals surface area contributed by atoms with Gasteiger partial charge < -0.3 is 20.9 Å². The van der Waals surface area contributed by atoms with Crippen molar-refractivity contribution in [3.8, 4) is 0 Å². The Labute approximate surface area is 190 Å². The second-order valence-electron chi connectivity index (χ2n) is 9.01. The van der Waals surface area contributed by atoms with E-state index >= 15 is 0 Å². The number of halogens is 1. The van der Waals surface area contributed by atoms with Gasteiger partial charge in [0, 0.05) is 43.0 Å². The number of anilines is 2. The van der Waals surface area contributed by atoms with Gasteiger partial charge in [-0.3, -0.25) is 0 Å². The van der Waals surface area contributed by atoms with Crippen LogP contribution in [0.2, 0.25) is 5.02 Å². The van der Waals surface area contributed by atoms with Crippen molar-refractivity contribution in [2.45, 2.75) is 64.1 Å². The SMILES string of the molecule is Cc1cc(N(C)C)nc(N[C@H]2CC[C@@H](NC(=O)NC(C)(C)c3ccc(Cl)cc3)CC2)n1. The van der Waals surface area contributed by atoms with Crippen LogP contribution in [0, 0.1) is 6.92 Å².